The molecule has 0 radical (unpaired) electrons. The van der Waals surface area contributed by atoms with Gasteiger partial charge in [-0.2, -0.15) is 13.2 Å². The van der Waals surface area contributed by atoms with Gasteiger partial charge in [-0.1, -0.05) is 25.7 Å². The summed E-state index contributed by atoms with van der Waals surface area (Å²) in [5.41, 5.74) is -1.30. The summed E-state index contributed by atoms with van der Waals surface area (Å²) in [6, 6.07) is 1.58. The molecular formula is C17H18F3N5O3. The van der Waals surface area contributed by atoms with E-state index in [4.69, 9.17) is 0 Å². The van der Waals surface area contributed by atoms with E-state index in [2.05, 4.69) is 15.3 Å². The summed E-state index contributed by atoms with van der Waals surface area (Å²) >= 11 is 0. The van der Waals surface area contributed by atoms with E-state index in [0.29, 0.717) is 6.42 Å². The standard InChI is InChI=1S/C17H18F3N5O3/c18-17(19,20)14-9-24(10-22-14)13(7-11-3-1-2-4-11)16(26)23-15-6-5-12(8-21-15)25(27)28/h5-6,8-11,13H,1-4,7H2,(H,21,23,26)/t13-/m0/s1. The van der Waals surface area contributed by atoms with Gasteiger partial charge < -0.3 is 9.88 Å². The molecule has 11 heteroatoms. The first-order valence-electron chi connectivity index (χ1n) is 8.76. The fraction of sp³-hybridized carbons (Fsp3) is 0.471. The van der Waals surface area contributed by atoms with Crippen LogP contribution in [0.2, 0.25) is 0 Å². The molecule has 1 atom stereocenters. The molecule has 28 heavy (non-hydrogen) atoms. The van der Waals surface area contributed by atoms with E-state index in [9.17, 15) is 28.1 Å². The fourth-order valence-corrected chi connectivity index (χ4v) is 3.36. The van der Waals surface area contributed by atoms with Crippen LogP contribution in [0.1, 0.15) is 43.8 Å². The molecule has 1 aliphatic carbocycles. The van der Waals surface area contributed by atoms with Gasteiger partial charge in [-0.15, -0.1) is 0 Å². The molecule has 8 nitrogen and oxygen atoms in total. The minimum Gasteiger partial charge on any atom is -0.324 e. The molecular weight excluding hydrogens is 379 g/mol. The van der Waals surface area contributed by atoms with Crippen LogP contribution in [0.15, 0.2) is 30.9 Å². The molecule has 0 spiro atoms. The summed E-state index contributed by atoms with van der Waals surface area (Å²) in [6.45, 7) is 0. The number of nitrogens with one attached hydrogen (secondary N) is 1. The average Bonchev–Trinajstić information content (AvgIpc) is 3.31. The molecule has 0 aromatic carbocycles. The topological polar surface area (TPSA) is 103 Å². The zero-order chi connectivity index (χ0) is 20.3. The molecule has 1 N–H and O–H groups in total. The summed E-state index contributed by atoms with van der Waals surface area (Å²) in [7, 11) is 0. The smallest absolute Gasteiger partial charge is 0.324 e. The SMILES string of the molecule is O=C(Nc1ccc([N+](=O)[O-])cn1)[C@H](CC1CCCC1)n1cnc(C(F)(F)F)c1. The maximum Gasteiger partial charge on any atom is 0.434 e. The number of halogens is 3. The molecule has 150 valence electrons. The van der Waals surface area contributed by atoms with Gasteiger partial charge in [0.15, 0.2) is 5.69 Å². The van der Waals surface area contributed by atoms with Crippen LogP contribution >= 0.6 is 0 Å². The molecule has 0 bridgehead atoms. The zero-order valence-corrected chi connectivity index (χ0v) is 14.7. The quantitative estimate of drug-likeness (QED) is 0.587. The van der Waals surface area contributed by atoms with Crippen molar-refractivity contribution < 1.29 is 22.9 Å². The van der Waals surface area contributed by atoms with Crippen LogP contribution in [-0.2, 0) is 11.0 Å². The first-order valence-corrected chi connectivity index (χ1v) is 8.76. The number of hydrogen-bond donors (Lipinski definition) is 1. The predicted molar refractivity (Wildman–Crippen MR) is 92.4 cm³/mol. The summed E-state index contributed by atoms with van der Waals surface area (Å²) in [4.78, 5) is 30.0. The molecule has 1 amide bonds. The van der Waals surface area contributed by atoms with Crippen molar-refractivity contribution in [1.29, 1.82) is 0 Å². The van der Waals surface area contributed by atoms with E-state index >= 15 is 0 Å². The van der Waals surface area contributed by atoms with Gasteiger partial charge in [-0.05, 0) is 18.4 Å². The number of carbonyl (C=O) groups is 1. The first kappa shape index (κ1) is 19.8. The highest BCUT2D eigenvalue weighted by atomic mass is 19.4. The Balaban J connectivity index is 1.80. The molecule has 2 heterocycles. The number of anilines is 1. The molecule has 1 aliphatic rings. The van der Waals surface area contributed by atoms with Crippen molar-refractivity contribution >= 4 is 17.4 Å². The van der Waals surface area contributed by atoms with Crippen LogP contribution in [-0.4, -0.2) is 25.4 Å². The summed E-state index contributed by atoms with van der Waals surface area (Å²) < 4.78 is 39.8. The lowest BCUT2D eigenvalue weighted by atomic mass is 9.97. The Morgan fingerprint density at radius 3 is 2.57 bits per heavy atom. The van der Waals surface area contributed by atoms with Crippen LogP contribution < -0.4 is 5.32 Å². The number of nitrogens with zero attached hydrogens (tertiary/aromatic N) is 4. The monoisotopic (exact) mass is 397 g/mol. The van der Waals surface area contributed by atoms with Crippen LogP contribution in [0.25, 0.3) is 0 Å². The highest BCUT2D eigenvalue weighted by Gasteiger charge is 2.35. The number of imidazole rings is 1. The van der Waals surface area contributed by atoms with Crippen LogP contribution in [0.3, 0.4) is 0 Å². The van der Waals surface area contributed by atoms with E-state index < -0.39 is 28.7 Å². The van der Waals surface area contributed by atoms with E-state index in [1.54, 1.807) is 0 Å². The Bertz CT molecular complexity index is 844. The van der Waals surface area contributed by atoms with Gasteiger partial charge in [-0.25, -0.2) is 9.97 Å². The van der Waals surface area contributed by atoms with Crippen molar-refractivity contribution in [3.05, 3.63) is 46.7 Å². The van der Waals surface area contributed by atoms with Crippen molar-refractivity contribution in [3.8, 4) is 0 Å². The highest BCUT2D eigenvalue weighted by Crippen LogP contribution is 2.34. The molecule has 0 saturated heterocycles. The van der Waals surface area contributed by atoms with E-state index in [0.717, 1.165) is 44.4 Å². The molecule has 1 fully saturated rings. The Kier molecular flexibility index (Phi) is 5.61. The Labute approximate surface area is 157 Å². The van der Waals surface area contributed by atoms with Gasteiger partial charge in [0.2, 0.25) is 5.91 Å². The summed E-state index contributed by atoms with van der Waals surface area (Å²) in [5.74, 6) is -0.222. The predicted octanol–water partition coefficient (Wildman–Crippen LogP) is 3.97. The second-order valence-electron chi connectivity index (χ2n) is 6.75. The first-order chi connectivity index (χ1) is 13.2. The van der Waals surface area contributed by atoms with Crippen LogP contribution in [0, 0.1) is 16.0 Å². The maximum atomic E-state index is 12.9. The van der Waals surface area contributed by atoms with Gasteiger partial charge >= 0.3 is 6.18 Å². The number of hydrogen-bond acceptors (Lipinski definition) is 5. The number of rotatable bonds is 6. The molecule has 0 aliphatic heterocycles. The van der Waals surface area contributed by atoms with Gasteiger partial charge in [0.05, 0.1) is 11.3 Å². The normalized spacial score (nSPS) is 16.1. The Morgan fingerprint density at radius 1 is 1.32 bits per heavy atom. The second-order valence-corrected chi connectivity index (χ2v) is 6.75. The lowest BCUT2D eigenvalue weighted by molar-refractivity contribution is -0.385. The van der Waals surface area contributed by atoms with Crippen LogP contribution in [0.4, 0.5) is 24.7 Å². The maximum absolute atomic E-state index is 12.9. The van der Waals surface area contributed by atoms with Gasteiger partial charge in [0.25, 0.3) is 5.69 Å². The highest BCUT2D eigenvalue weighted by molar-refractivity contribution is 5.93. The third kappa shape index (κ3) is 4.65. The van der Waals surface area contributed by atoms with Gasteiger partial charge in [0.1, 0.15) is 18.1 Å². The second kappa shape index (κ2) is 7.95. The van der Waals surface area contributed by atoms with E-state index in [1.807, 2.05) is 0 Å². The van der Waals surface area contributed by atoms with Crippen molar-refractivity contribution in [3.63, 3.8) is 0 Å². The minimum absolute atomic E-state index is 0.0863. The number of alkyl halides is 3. The molecule has 1 saturated carbocycles. The number of nitro groups is 1. The lowest BCUT2D eigenvalue weighted by Crippen LogP contribution is -2.27. The lowest BCUT2D eigenvalue weighted by Gasteiger charge is -2.21. The number of pyridine rings is 1. The largest absolute Gasteiger partial charge is 0.434 e. The Hall–Kier alpha value is -2.98. The molecule has 0 unspecified atom stereocenters. The van der Waals surface area contributed by atoms with Gasteiger partial charge in [-0.3, -0.25) is 14.9 Å². The van der Waals surface area contributed by atoms with Crippen molar-refractivity contribution in [2.24, 2.45) is 5.92 Å². The molecule has 2 aromatic rings. The Morgan fingerprint density at radius 2 is 2.04 bits per heavy atom. The number of carbonyl (C=O) groups excluding carboxylic acids is 1. The van der Waals surface area contributed by atoms with E-state index in [-0.39, 0.29) is 17.4 Å². The molecule has 3 rings (SSSR count). The van der Waals surface area contributed by atoms with Gasteiger partial charge in [0, 0.05) is 12.3 Å². The van der Waals surface area contributed by atoms with Crippen LogP contribution in [0.5, 0.6) is 0 Å². The zero-order valence-electron chi connectivity index (χ0n) is 14.7. The van der Waals surface area contributed by atoms with Crippen molar-refractivity contribution in [2.45, 2.75) is 44.3 Å². The summed E-state index contributed by atoms with van der Waals surface area (Å²) in [5, 5.41) is 13.2. The minimum atomic E-state index is -4.60. The average molecular weight is 397 g/mol. The third-order valence-electron chi connectivity index (χ3n) is 4.80. The number of aromatic nitrogens is 3. The van der Waals surface area contributed by atoms with Crippen molar-refractivity contribution in [2.75, 3.05) is 5.32 Å². The third-order valence-corrected chi connectivity index (χ3v) is 4.80. The van der Waals surface area contributed by atoms with Crippen molar-refractivity contribution in [1.82, 2.24) is 14.5 Å². The fourth-order valence-electron chi connectivity index (χ4n) is 3.36. The van der Waals surface area contributed by atoms with E-state index in [1.165, 1.54) is 16.7 Å². The number of amides is 1. The molecule has 2 aromatic heterocycles. The summed E-state index contributed by atoms with van der Waals surface area (Å²) in [6.07, 6.45) is 2.50.